The second-order valence-corrected chi connectivity index (χ2v) is 10.9. The van der Waals surface area contributed by atoms with Crippen LogP contribution in [0.5, 0.6) is 0 Å². The van der Waals surface area contributed by atoms with Crippen LogP contribution in [0.1, 0.15) is 106 Å². The smallest absolute Gasteiger partial charge is 0.311 e. The summed E-state index contributed by atoms with van der Waals surface area (Å²) in [7, 11) is 0. The van der Waals surface area contributed by atoms with Crippen LogP contribution in [0.15, 0.2) is 0 Å². The highest BCUT2D eigenvalue weighted by Gasteiger charge is 2.39. The summed E-state index contributed by atoms with van der Waals surface area (Å²) in [5, 5.41) is 18.7. The Morgan fingerprint density at radius 1 is 0.606 bits per heavy atom. The molecule has 0 unspecified atom stereocenters. The molecule has 8 nitrogen and oxygen atoms in total. The van der Waals surface area contributed by atoms with Crippen LogP contribution in [0, 0.1) is 16.2 Å². The van der Waals surface area contributed by atoms with E-state index in [0.29, 0.717) is 19.3 Å². The molecular weight excluding hydrogens is 428 g/mol. The Bertz CT molecular complexity index is 608. The molecule has 0 radical (unpaired) electrons. The lowest BCUT2D eigenvalue weighted by molar-refractivity contribution is -0.161. The van der Waals surface area contributed by atoms with Crippen molar-refractivity contribution in [1.29, 1.82) is 0 Å². The molecule has 0 saturated carbocycles. The van der Waals surface area contributed by atoms with Gasteiger partial charge in [0.05, 0.1) is 29.5 Å². The lowest BCUT2D eigenvalue weighted by Gasteiger charge is -2.30. The molecule has 0 fully saturated rings. The van der Waals surface area contributed by atoms with Crippen molar-refractivity contribution in [3.8, 4) is 0 Å². The maximum atomic E-state index is 12.3. The fourth-order valence-electron chi connectivity index (χ4n) is 3.25. The van der Waals surface area contributed by atoms with Crippen molar-refractivity contribution < 1.29 is 38.9 Å². The predicted molar refractivity (Wildman–Crippen MR) is 125 cm³/mol. The van der Waals surface area contributed by atoms with Gasteiger partial charge in [-0.2, -0.15) is 0 Å². The van der Waals surface area contributed by atoms with Crippen LogP contribution in [-0.2, 0) is 28.7 Å². The molecule has 0 heterocycles. The number of esters is 2. The van der Waals surface area contributed by atoms with Gasteiger partial charge in [0.2, 0.25) is 0 Å². The van der Waals surface area contributed by atoms with Gasteiger partial charge >= 0.3 is 23.9 Å². The first-order valence-electron chi connectivity index (χ1n) is 11.9. The molecular formula is C25H44O8. The van der Waals surface area contributed by atoms with Crippen molar-refractivity contribution in [2.24, 2.45) is 16.2 Å². The van der Waals surface area contributed by atoms with Crippen molar-refractivity contribution in [3.63, 3.8) is 0 Å². The first-order valence-corrected chi connectivity index (χ1v) is 11.9. The molecule has 33 heavy (non-hydrogen) atoms. The summed E-state index contributed by atoms with van der Waals surface area (Å²) >= 11 is 0. The predicted octanol–water partition coefficient (Wildman–Crippen LogP) is 5.22. The van der Waals surface area contributed by atoms with Gasteiger partial charge in [-0.25, -0.2) is 0 Å². The Morgan fingerprint density at radius 3 is 1.36 bits per heavy atom. The molecule has 0 bridgehead atoms. The molecule has 0 saturated heterocycles. The van der Waals surface area contributed by atoms with Crippen LogP contribution < -0.4 is 0 Å². The van der Waals surface area contributed by atoms with E-state index in [0.717, 1.165) is 25.7 Å². The molecule has 0 atom stereocenters. The summed E-state index contributed by atoms with van der Waals surface area (Å²) in [6.07, 6.45) is 5.63. The molecule has 0 amide bonds. The van der Waals surface area contributed by atoms with E-state index in [2.05, 4.69) is 0 Å². The number of hydrogen-bond donors (Lipinski definition) is 2. The van der Waals surface area contributed by atoms with Crippen LogP contribution in [0.25, 0.3) is 0 Å². The summed E-state index contributed by atoms with van der Waals surface area (Å²) in [6, 6.07) is 0. The summed E-state index contributed by atoms with van der Waals surface area (Å²) in [5.74, 6) is -2.55. The van der Waals surface area contributed by atoms with E-state index in [1.165, 1.54) is 0 Å². The average Bonchev–Trinajstić information content (AvgIpc) is 2.67. The zero-order valence-electron chi connectivity index (χ0n) is 21.3. The minimum atomic E-state index is -1.15. The van der Waals surface area contributed by atoms with Crippen molar-refractivity contribution in [1.82, 2.24) is 0 Å². The van der Waals surface area contributed by atoms with Crippen molar-refractivity contribution in [3.05, 3.63) is 0 Å². The van der Waals surface area contributed by atoms with Crippen molar-refractivity contribution >= 4 is 23.9 Å². The Hall–Kier alpha value is -2.12. The van der Waals surface area contributed by atoms with Gasteiger partial charge in [0, 0.05) is 6.42 Å². The summed E-state index contributed by atoms with van der Waals surface area (Å²) in [6.45, 7) is 10.4. The zero-order valence-corrected chi connectivity index (χ0v) is 21.3. The quantitative estimate of drug-likeness (QED) is 0.231. The van der Waals surface area contributed by atoms with Gasteiger partial charge in [-0.15, -0.1) is 0 Å². The van der Waals surface area contributed by atoms with E-state index >= 15 is 0 Å². The minimum absolute atomic E-state index is 0.00912. The Kier molecular flexibility index (Phi) is 13.3. The molecule has 0 aliphatic carbocycles. The molecule has 2 N–H and O–H groups in total. The molecule has 0 aliphatic rings. The van der Waals surface area contributed by atoms with E-state index in [1.807, 2.05) is 0 Å². The van der Waals surface area contributed by atoms with Crippen LogP contribution in [0.3, 0.4) is 0 Å². The van der Waals surface area contributed by atoms with Crippen molar-refractivity contribution in [2.45, 2.75) is 106 Å². The normalized spacial score (nSPS) is 12.3. The lowest BCUT2D eigenvalue weighted by Crippen LogP contribution is -2.36. The number of hydrogen-bond acceptors (Lipinski definition) is 6. The summed E-state index contributed by atoms with van der Waals surface area (Å²) in [5.41, 5.74) is -2.50. The average molecular weight is 473 g/mol. The standard InChI is InChI=1S/C25H44O8/c1-23(2,3)21(30)32-17-15-25(20(28)29,16-18-33-22(31)24(4,5)6)14-12-10-8-7-9-11-13-19(26)27/h7-18H2,1-6H3,(H,26,27)(H,28,29). The highest BCUT2D eigenvalue weighted by atomic mass is 16.5. The third kappa shape index (κ3) is 13.2. The number of carboxylic acids is 2. The van der Waals surface area contributed by atoms with Gasteiger partial charge in [0.25, 0.3) is 0 Å². The monoisotopic (exact) mass is 472 g/mol. The van der Waals surface area contributed by atoms with E-state index in [9.17, 15) is 24.3 Å². The fraction of sp³-hybridized carbons (Fsp3) is 0.840. The van der Waals surface area contributed by atoms with Crippen LogP contribution in [0.4, 0.5) is 0 Å². The summed E-state index contributed by atoms with van der Waals surface area (Å²) in [4.78, 5) is 47.0. The van der Waals surface area contributed by atoms with Gasteiger partial charge < -0.3 is 19.7 Å². The highest BCUT2D eigenvalue weighted by Crippen LogP contribution is 2.35. The topological polar surface area (TPSA) is 127 Å². The SMILES string of the molecule is CC(C)(C)C(=O)OCCC(CCCCCCCCC(=O)O)(CCOC(=O)C(C)(C)C)C(=O)O. The van der Waals surface area contributed by atoms with Gasteiger partial charge in [0.15, 0.2) is 0 Å². The van der Waals surface area contributed by atoms with Gasteiger partial charge in [0.1, 0.15) is 0 Å². The molecule has 0 spiro atoms. The molecule has 0 aromatic carbocycles. The number of carbonyl (C=O) groups excluding carboxylic acids is 2. The Labute approximate surface area is 198 Å². The minimum Gasteiger partial charge on any atom is -0.481 e. The maximum Gasteiger partial charge on any atom is 0.311 e. The number of ether oxygens (including phenoxy) is 2. The van der Waals surface area contributed by atoms with E-state index in [4.69, 9.17) is 14.6 Å². The second kappa shape index (κ2) is 14.2. The molecule has 0 rings (SSSR count). The van der Waals surface area contributed by atoms with Crippen LogP contribution in [0.2, 0.25) is 0 Å². The third-order valence-corrected chi connectivity index (χ3v) is 5.60. The molecule has 0 aliphatic heterocycles. The third-order valence-electron chi connectivity index (χ3n) is 5.60. The molecule has 0 aromatic rings. The van der Waals surface area contributed by atoms with E-state index < -0.39 is 28.2 Å². The van der Waals surface area contributed by atoms with E-state index in [-0.39, 0.29) is 44.4 Å². The molecule has 8 heteroatoms. The second-order valence-electron chi connectivity index (χ2n) is 10.9. The Balaban J connectivity index is 4.94. The first-order chi connectivity index (χ1) is 15.1. The lowest BCUT2D eigenvalue weighted by atomic mass is 9.77. The zero-order chi connectivity index (χ0) is 25.7. The van der Waals surface area contributed by atoms with Gasteiger partial charge in [-0.05, 0) is 67.2 Å². The van der Waals surface area contributed by atoms with Gasteiger partial charge in [-0.1, -0.05) is 32.1 Å². The molecule has 192 valence electrons. The van der Waals surface area contributed by atoms with Crippen LogP contribution >= 0.6 is 0 Å². The maximum absolute atomic E-state index is 12.3. The Morgan fingerprint density at radius 2 is 1.00 bits per heavy atom. The van der Waals surface area contributed by atoms with Gasteiger partial charge in [-0.3, -0.25) is 19.2 Å². The summed E-state index contributed by atoms with van der Waals surface area (Å²) < 4.78 is 10.7. The largest absolute Gasteiger partial charge is 0.481 e. The number of carboxylic acid groups (broad SMARTS) is 2. The number of aliphatic carboxylic acids is 2. The van der Waals surface area contributed by atoms with E-state index in [1.54, 1.807) is 41.5 Å². The van der Waals surface area contributed by atoms with Crippen LogP contribution in [-0.4, -0.2) is 47.3 Å². The highest BCUT2D eigenvalue weighted by molar-refractivity contribution is 5.77. The fourth-order valence-corrected chi connectivity index (χ4v) is 3.25. The number of unbranched alkanes of at least 4 members (excludes halogenated alkanes) is 5. The number of carbonyl (C=O) groups is 4. The molecule has 0 aromatic heterocycles. The number of rotatable bonds is 16. The van der Waals surface area contributed by atoms with Crippen molar-refractivity contribution in [2.75, 3.05) is 13.2 Å². The first kappa shape index (κ1) is 30.9.